The average molecular weight is 485 g/mol. The SMILES string of the molecule is COC.NC1=NC(c2ccccc2)(c2ccccc2)C(=O)N1Cc1cccc(C(=O)N2CCCC2)c1. The molecule has 0 radical (unpaired) electrons. The first-order valence-corrected chi connectivity index (χ1v) is 12.1. The van der Waals surface area contributed by atoms with Crippen molar-refractivity contribution < 1.29 is 14.3 Å². The maximum atomic E-state index is 13.9. The van der Waals surface area contributed by atoms with E-state index < -0.39 is 5.54 Å². The molecular weight excluding hydrogens is 452 g/mol. The summed E-state index contributed by atoms with van der Waals surface area (Å²) in [6.45, 7) is 1.84. The molecule has 2 aliphatic rings. The summed E-state index contributed by atoms with van der Waals surface area (Å²) < 4.78 is 4.25. The first-order chi connectivity index (χ1) is 17.5. The molecule has 36 heavy (non-hydrogen) atoms. The van der Waals surface area contributed by atoms with Crippen LogP contribution in [0.25, 0.3) is 0 Å². The largest absolute Gasteiger partial charge is 0.388 e. The smallest absolute Gasteiger partial charge is 0.266 e. The van der Waals surface area contributed by atoms with Crippen LogP contribution in [0, 0.1) is 0 Å². The fourth-order valence-electron chi connectivity index (χ4n) is 4.72. The van der Waals surface area contributed by atoms with Crippen LogP contribution in [0.3, 0.4) is 0 Å². The molecular formula is C29H32N4O3. The predicted molar refractivity (Wildman–Crippen MR) is 140 cm³/mol. The summed E-state index contributed by atoms with van der Waals surface area (Å²) >= 11 is 0. The van der Waals surface area contributed by atoms with Gasteiger partial charge < -0.3 is 15.4 Å². The summed E-state index contributed by atoms with van der Waals surface area (Å²) in [5.74, 6) is 0.00399. The molecule has 2 amide bonds. The Balaban J connectivity index is 0.000000967. The van der Waals surface area contributed by atoms with Crippen LogP contribution in [0.1, 0.15) is 39.9 Å². The van der Waals surface area contributed by atoms with Crippen LogP contribution in [-0.2, 0) is 21.6 Å². The Bertz CT molecular complexity index is 1180. The average Bonchev–Trinajstić information content (AvgIpc) is 3.54. The van der Waals surface area contributed by atoms with Gasteiger partial charge >= 0.3 is 0 Å². The Labute approximate surface area is 212 Å². The molecule has 0 unspecified atom stereocenters. The number of nitrogens with zero attached hydrogens (tertiary/aromatic N) is 3. The van der Waals surface area contributed by atoms with Gasteiger partial charge in [-0.25, -0.2) is 4.99 Å². The van der Waals surface area contributed by atoms with E-state index in [9.17, 15) is 9.59 Å². The molecule has 0 saturated carbocycles. The molecule has 7 heteroatoms. The van der Waals surface area contributed by atoms with Gasteiger partial charge in [0.15, 0.2) is 11.5 Å². The number of ether oxygens (including phenoxy) is 1. The van der Waals surface area contributed by atoms with Crippen LogP contribution in [0.4, 0.5) is 0 Å². The summed E-state index contributed by atoms with van der Waals surface area (Å²) in [6, 6.07) is 26.5. The summed E-state index contributed by atoms with van der Waals surface area (Å²) in [4.78, 5) is 34.9. The highest BCUT2D eigenvalue weighted by atomic mass is 16.4. The van der Waals surface area contributed by atoms with Crippen molar-refractivity contribution in [1.29, 1.82) is 0 Å². The zero-order valence-corrected chi connectivity index (χ0v) is 20.8. The van der Waals surface area contributed by atoms with Gasteiger partial charge in [-0.15, -0.1) is 0 Å². The van der Waals surface area contributed by atoms with Crippen molar-refractivity contribution >= 4 is 17.8 Å². The van der Waals surface area contributed by atoms with Gasteiger partial charge in [0.25, 0.3) is 11.8 Å². The Morgan fingerprint density at radius 3 is 2.03 bits per heavy atom. The maximum absolute atomic E-state index is 13.9. The van der Waals surface area contributed by atoms with Gasteiger partial charge in [0.05, 0.1) is 6.54 Å². The molecule has 0 aliphatic carbocycles. The Morgan fingerprint density at radius 2 is 1.47 bits per heavy atom. The van der Waals surface area contributed by atoms with Gasteiger partial charge in [-0.2, -0.15) is 0 Å². The second-order valence-electron chi connectivity index (χ2n) is 8.91. The molecule has 3 aromatic rings. The first kappa shape index (κ1) is 25.1. The first-order valence-electron chi connectivity index (χ1n) is 12.1. The zero-order chi connectivity index (χ0) is 25.5. The van der Waals surface area contributed by atoms with Crippen LogP contribution in [0.15, 0.2) is 89.9 Å². The van der Waals surface area contributed by atoms with E-state index in [1.54, 1.807) is 14.2 Å². The lowest BCUT2D eigenvalue weighted by molar-refractivity contribution is -0.130. The quantitative estimate of drug-likeness (QED) is 0.597. The standard InChI is InChI=1S/C27H26N4O2.C2H6O/c28-26-29-27(22-12-3-1-4-13-22,23-14-5-2-6-15-23)25(33)31(26)19-20-10-9-11-21(18-20)24(32)30-16-7-8-17-30;1-3-2/h1-6,9-15,18H,7-8,16-17,19H2,(H2,28,29);1-2H3. The van der Waals surface area contributed by atoms with Crippen LogP contribution in [-0.4, -0.2) is 54.9 Å². The number of hydrogen-bond donors (Lipinski definition) is 1. The van der Waals surface area contributed by atoms with E-state index in [1.807, 2.05) is 89.8 Å². The number of likely N-dealkylation sites (tertiary alicyclic amines) is 1. The van der Waals surface area contributed by atoms with E-state index in [0.29, 0.717) is 5.56 Å². The fourth-order valence-corrected chi connectivity index (χ4v) is 4.72. The highest BCUT2D eigenvalue weighted by Gasteiger charge is 2.50. The minimum absolute atomic E-state index is 0.0339. The molecule has 2 heterocycles. The van der Waals surface area contributed by atoms with Crippen LogP contribution in [0.2, 0.25) is 0 Å². The van der Waals surface area contributed by atoms with E-state index >= 15 is 0 Å². The maximum Gasteiger partial charge on any atom is 0.266 e. The van der Waals surface area contributed by atoms with E-state index in [2.05, 4.69) is 4.74 Å². The molecule has 186 valence electrons. The molecule has 2 N–H and O–H groups in total. The molecule has 7 nitrogen and oxygen atoms in total. The Hall–Kier alpha value is -3.97. The molecule has 0 aromatic heterocycles. The van der Waals surface area contributed by atoms with Crippen LogP contribution in [0.5, 0.6) is 0 Å². The number of nitrogens with two attached hydrogens (primary N) is 1. The number of amides is 2. The highest BCUT2D eigenvalue weighted by Crippen LogP contribution is 2.40. The lowest BCUT2D eigenvalue weighted by atomic mass is 9.83. The minimum Gasteiger partial charge on any atom is -0.388 e. The second-order valence-corrected chi connectivity index (χ2v) is 8.91. The lowest BCUT2D eigenvalue weighted by Gasteiger charge is -2.27. The number of carbonyl (C=O) groups is 2. The van der Waals surface area contributed by atoms with E-state index in [-0.39, 0.29) is 24.3 Å². The molecule has 1 fully saturated rings. The normalized spacial score (nSPS) is 16.4. The number of guanidine groups is 1. The number of benzene rings is 3. The van der Waals surface area contributed by atoms with Crippen molar-refractivity contribution in [3.05, 3.63) is 107 Å². The van der Waals surface area contributed by atoms with E-state index in [4.69, 9.17) is 10.7 Å². The van der Waals surface area contributed by atoms with Crippen molar-refractivity contribution in [2.45, 2.75) is 24.9 Å². The minimum atomic E-state index is -1.23. The van der Waals surface area contributed by atoms with Gasteiger partial charge in [0.1, 0.15) is 0 Å². The third-order valence-corrected chi connectivity index (χ3v) is 6.40. The predicted octanol–water partition coefficient (Wildman–Crippen LogP) is 3.79. The van der Waals surface area contributed by atoms with Gasteiger partial charge in [-0.1, -0.05) is 72.8 Å². The van der Waals surface area contributed by atoms with E-state index in [0.717, 1.165) is 42.6 Å². The summed E-state index contributed by atoms with van der Waals surface area (Å²) in [6.07, 6.45) is 2.09. The number of hydrogen-bond acceptors (Lipinski definition) is 5. The fraction of sp³-hybridized carbons (Fsp3) is 0.276. The van der Waals surface area contributed by atoms with Crippen molar-refractivity contribution in [3.63, 3.8) is 0 Å². The van der Waals surface area contributed by atoms with Crippen molar-refractivity contribution in [2.75, 3.05) is 27.3 Å². The molecule has 2 aliphatic heterocycles. The third kappa shape index (κ3) is 4.88. The number of rotatable bonds is 5. The van der Waals surface area contributed by atoms with E-state index in [1.165, 1.54) is 4.90 Å². The van der Waals surface area contributed by atoms with Crippen LogP contribution < -0.4 is 5.73 Å². The molecule has 0 spiro atoms. The number of methoxy groups -OCH3 is 1. The highest BCUT2D eigenvalue weighted by molar-refractivity contribution is 6.09. The molecule has 1 saturated heterocycles. The van der Waals surface area contributed by atoms with Gasteiger partial charge in [-0.3, -0.25) is 14.5 Å². The van der Waals surface area contributed by atoms with Gasteiger partial charge in [-0.05, 0) is 41.7 Å². The number of carbonyl (C=O) groups excluding carboxylic acids is 2. The Morgan fingerprint density at radius 1 is 0.917 bits per heavy atom. The zero-order valence-electron chi connectivity index (χ0n) is 20.8. The molecule has 0 bridgehead atoms. The lowest BCUT2D eigenvalue weighted by Crippen LogP contribution is -2.43. The van der Waals surface area contributed by atoms with Crippen LogP contribution >= 0.6 is 0 Å². The van der Waals surface area contributed by atoms with Crippen molar-refractivity contribution in [2.24, 2.45) is 10.7 Å². The third-order valence-electron chi connectivity index (χ3n) is 6.40. The van der Waals surface area contributed by atoms with Crippen molar-refractivity contribution in [3.8, 4) is 0 Å². The van der Waals surface area contributed by atoms with Gasteiger partial charge in [0, 0.05) is 32.9 Å². The number of aliphatic imine (C=N–C) groups is 1. The van der Waals surface area contributed by atoms with Gasteiger partial charge in [0.2, 0.25) is 0 Å². The summed E-state index contributed by atoms with van der Waals surface area (Å²) in [7, 11) is 3.25. The van der Waals surface area contributed by atoms with Crippen molar-refractivity contribution in [1.82, 2.24) is 9.80 Å². The monoisotopic (exact) mass is 484 g/mol. The molecule has 0 atom stereocenters. The summed E-state index contributed by atoms with van der Waals surface area (Å²) in [5, 5.41) is 0. The topological polar surface area (TPSA) is 88.2 Å². The summed E-state index contributed by atoms with van der Waals surface area (Å²) in [5.41, 5.74) is 8.12. The molecule has 5 rings (SSSR count). The Kier molecular flexibility index (Phi) is 7.80. The second kappa shape index (κ2) is 11.2. The molecule has 3 aromatic carbocycles.